The van der Waals surface area contributed by atoms with Gasteiger partial charge in [0, 0.05) is 19.5 Å². The van der Waals surface area contributed by atoms with Crippen molar-refractivity contribution in [1.29, 1.82) is 0 Å². The first-order valence-electron chi connectivity index (χ1n) is 6.40. The Morgan fingerprint density at radius 2 is 2.16 bits per heavy atom. The van der Waals surface area contributed by atoms with Crippen molar-refractivity contribution in [2.75, 3.05) is 23.7 Å². The molecule has 1 atom stereocenters. The Balaban J connectivity index is 1.78. The molecule has 0 bridgehead atoms. The number of pyridine rings is 1. The molecular weight excluding hydrogens is 244 g/mol. The number of hydrogen-bond acceptors (Lipinski definition) is 5. The summed E-state index contributed by atoms with van der Waals surface area (Å²) in [5.41, 5.74) is 5.81. The zero-order chi connectivity index (χ0) is 13.5. The first kappa shape index (κ1) is 12.0. The van der Waals surface area contributed by atoms with E-state index >= 15 is 0 Å². The van der Waals surface area contributed by atoms with Gasteiger partial charge in [-0.25, -0.2) is 4.98 Å². The van der Waals surface area contributed by atoms with Gasteiger partial charge >= 0.3 is 0 Å². The maximum absolute atomic E-state index is 12.1. The monoisotopic (exact) mass is 260 g/mol. The highest BCUT2D eigenvalue weighted by Gasteiger charge is 2.47. The minimum Gasteiger partial charge on any atom is -0.397 e. The van der Waals surface area contributed by atoms with Crippen molar-refractivity contribution in [2.45, 2.75) is 19.3 Å². The number of hydrogen-bond donors (Lipinski definition) is 2. The van der Waals surface area contributed by atoms with Gasteiger partial charge in [-0.3, -0.25) is 14.9 Å². The summed E-state index contributed by atoms with van der Waals surface area (Å²) in [6.45, 7) is 1.39. The van der Waals surface area contributed by atoms with Gasteiger partial charge in [-0.1, -0.05) is 0 Å². The zero-order valence-corrected chi connectivity index (χ0v) is 10.6. The molecule has 0 radical (unpaired) electrons. The molecule has 3 heterocycles. The molecule has 3 N–H and O–H groups in total. The summed E-state index contributed by atoms with van der Waals surface area (Å²) in [5, 5.41) is 2.45. The number of rotatable bonds is 1. The summed E-state index contributed by atoms with van der Waals surface area (Å²) in [7, 11) is 0. The van der Waals surface area contributed by atoms with E-state index in [9.17, 15) is 9.59 Å². The van der Waals surface area contributed by atoms with Crippen molar-refractivity contribution in [3.63, 3.8) is 0 Å². The van der Waals surface area contributed by atoms with Gasteiger partial charge in [0.2, 0.25) is 11.8 Å². The van der Waals surface area contributed by atoms with Crippen LogP contribution in [0.4, 0.5) is 11.5 Å². The molecule has 1 aromatic heterocycles. The van der Waals surface area contributed by atoms with Crippen LogP contribution >= 0.6 is 0 Å². The lowest BCUT2D eigenvalue weighted by Crippen LogP contribution is -2.50. The number of nitrogen functional groups attached to an aromatic ring is 1. The molecule has 2 aliphatic heterocycles. The van der Waals surface area contributed by atoms with Gasteiger partial charge < -0.3 is 10.6 Å². The molecule has 0 aliphatic carbocycles. The highest BCUT2D eigenvalue weighted by molar-refractivity contribution is 6.01. The number of nitrogens with one attached hydrogen (secondary N) is 1. The number of piperidine rings is 1. The van der Waals surface area contributed by atoms with E-state index in [1.807, 2.05) is 6.07 Å². The Hall–Kier alpha value is -2.11. The van der Waals surface area contributed by atoms with Gasteiger partial charge in [0.1, 0.15) is 5.82 Å². The molecule has 2 saturated heterocycles. The lowest BCUT2D eigenvalue weighted by atomic mass is 9.79. The van der Waals surface area contributed by atoms with Crippen molar-refractivity contribution < 1.29 is 9.59 Å². The van der Waals surface area contributed by atoms with Crippen LogP contribution in [-0.2, 0) is 9.59 Å². The Bertz CT molecular complexity index is 528. The number of nitrogens with two attached hydrogens (primary N) is 1. The lowest BCUT2D eigenvalue weighted by molar-refractivity contribution is -0.140. The number of nitrogens with zero attached hydrogens (tertiary/aromatic N) is 2. The molecule has 0 aromatic carbocycles. The predicted octanol–water partition coefficient (Wildman–Crippen LogP) is 0.297. The summed E-state index contributed by atoms with van der Waals surface area (Å²) in [6, 6.07) is 3.66. The highest BCUT2D eigenvalue weighted by atomic mass is 16.2. The first-order valence-corrected chi connectivity index (χ1v) is 6.40. The normalized spacial score (nSPS) is 26.8. The fourth-order valence-electron chi connectivity index (χ4n) is 2.83. The third kappa shape index (κ3) is 2.03. The molecular formula is C13H16N4O2. The highest BCUT2D eigenvalue weighted by Crippen LogP contribution is 2.39. The maximum Gasteiger partial charge on any atom is 0.234 e. The Morgan fingerprint density at radius 3 is 2.84 bits per heavy atom. The summed E-state index contributed by atoms with van der Waals surface area (Å²) in [5.74, 6) is 0.525. The largest absolute Gasteiger partial charge is 0.397 e. The van der Waals surface area contributed by atoms with Crippen LogP contribution in [0.1, 0.15) is 19.3 Å². The van der Waals surface area contributed by atoms with Crippen LogP contribution in [0, 0.1) is 5.41 Å². The molecule has 6 nitrogen and oxygen atoms in total. The lowest BCUT2D eigenvalue weighted by Gasteiger charge is -2.31. The van der Waals surface area contributed by atoms with Gasteiger partial charge in [-0.2, -0.15) is 0 Å². The second-order valence-corrected chi connectivity index (χ2v) is 5.28. The number of amides is 2. The van der Waals surface area contributed by atoms with Gasteiger partial charge in [0.15, 0.2) is 0 Å². The number of carbonyl (C=O) groups excluding carboxylic acids is 2. The van der Waals surface area contributed by atoms with Crippen LogP contribution < -0.4 is 16.0 Å². The van der Waals surface area contributed by atoms with Crippen LogP contribution in [0.25, 0.3) is 0 Å². The molecule has 6 heteroatoms. The van der Waals surface area contributed by atoms with E-state index in [0.29, 0.717) is 25.1 Å². The Kier molecular flexibility index (Phi) is 2.66. The molecule has 1 spiro atoms. The summed E-state index contributed by atoms with van der Waals surface area (Å²) >= 11 is 0. The summed E-state index contributed by atoms with van der Waals surface area (Å²) < 4.78 is 0. The van der Waals surface area contributed by atoms with Crippen LogP contribution in [0.3, 0.4) is 0 Å². The van der Waals surface area contributed by atoms with E-state index in [0.717, 1.165) is 18.8 Å². The number of aromatic nitrogens is 1. The molecule has 3 rings (SSSR count). The van der Waals surface area contributed by atoms with E-state index in [4.69, 9.17) is 5.73 Å². The molecule has 100 valence electrons. The van der Waals surface area contributed by atoms with E-state index in [2.05, 4.69) is 15.2 Å². The van der Waals surface area contributed by atoms with Gasteiger partial charge in [-0.15, -0.1) is 0 Å². The maximum atomic E-state index is 12.1. The second kappa shape index (κ2) is 4.22. The molecule has 1 aromatic rings. The van der Waals surface area contributed by atoms with Crippen LogP contribution in [0.15, 0.2) is 18.3 Å². The Morgan fingerprint density at radius 1 is 1.32 bits per heavy atom. The smallest absolute Gasteiger partial charge is 0.234 e. The van der Waals surface area contributed by atoms with Gasteiger partial charge in [-0.05, 0) is 25.0 Å². The number of anilines is 2. The minimum atomic E-state index is -0.434. The average molecular weight is 260 g/mol. The molecule has 2 fully saturated rings. The number of carbonyl (C=O) groups is 2. The van der Waals surface area contributed by atoms with E-state index in [1.54, 1.807) is 12.3 Å². The fraction of sp³-hybridized carbons (Fsp3) is 0.462. The van der Waals surface area contributed by atoms with Crippen molar-refractivity contribution in [3.05, 3.63) is 18.3 Å². The number of imide groups is 1. The van der Waals surface area contributed by atoms with Crippen LogP contribution in [-0.4, -0.2) is 29.9 Å². The van der Waals surface area contributed by atoms with Gasteiger partial charge in [0.05, 0.1) is 17.3 Å². The van der Waals surface area contributed by atoms with Crippen molar-refractivity contribution in [1.82, 2.24) is 10.3 Å². The fourth-order valence-corrected chi connectivity index (χ4v) is 2.83. The Labute approximate surface area is 111 Å². The molecule has 2 amide bonds. The third-order valence-electron chi connectivity index (χ3n) is 4.01. The molecule has 1 unspecified atom stereocenters. The summed E-state index contributed by atoms with van der Waals surface area (Å²) in [4.78, 5) is 29.7. The third-order valence-corrected chi connectivity index (χ3v) is 4.01. The molecule has 2 aliphatic rings. The molecule has 19 heavy (non-hydrogen) atoms. The van der Waals surface area contributed by atoms with Crippen molar-refractivity contribution in [2.24, 2.45) is 5.41 Å². The zero-order valence-electron chi connectivity index (χ0n) is 10.6. The van der Waals surface area contributed by atoms with E-state index < -0.39 is 5.41 Å². The van der Waals surface area contributed by atoms with E-state index in [1.165, 1.54) is 0 Å². The first-order chi connectivity index (χ1) is 9.09. The van der Waals surface area contributed by atoms with Gasteiger partial charge in [0.25, 0.3) is 0 Å². The standard InChI is InChI=1S/C13H16N4O2/c14-9-1-2-10(15-7-9)17-6-5-13(8-17)4-3-11(18)16-12(13)19/h1-2,7H,3-6,8,14H2,(H,16,18,19). The van der Waals surface area contributed by atoms with Crippen molar-refractivity contribution >= 4 is 23.3 Å². The SMILES string of the molecule is Nc1ccc(N2CCC3(CCC(=O)NC3=O)C2)nc1. The topological polar surface area (TPSA) is 88.3 Å². The second-order valence-electron chi connectivity index (χ2n) is 5.28. The van der Waals surface area contributed by atoms with E-state index in [-0.39, 0.29) is 11.8 Å². The van der Waals surface area contributed by atoms with Crippen LogP contribution in [0.2, 0.25) is 0 Å². The average Bonchev–Trinajstić information content (AvgIpc) is 2.81. The predicted molar refractivity (Wildman–Crippen MR) is 70.3 cm³/mol. The van der Waals surface area contributed by atoms with Crippen LogP contribution in [0.5, 0.6) is 0 Å². The minimum absolute atomic E-state index is 0.137. The quantitative estimate of drug-likeness (QED) is 0.709. The summed E-state index contributed by atoms with van der Waals surface area (Å²) in [6.07, 6.45) is 3.43. The molecule has 0 saturated carbocycles. The van der Waals surface area contributed by atoms with Crippen molar-refractivity contribution in [3.8, 4) is 0 Å².